The van der Waals surface area contributed by atoms with Crippen molar-refractivity contribution in [3.8, 4) is 0 Å². The summed E-state index contributed by atoms with van der Waals surface area (Å²) < 4.78 is 5.42. The number of nitrogens with zero attached hydrogens (tertiary/aromatic N) is 3. The van der Waals surface area contributed by atoms with Gasteiger partial charge in [-0.3, -0.25) is 4.99 Å². The lowest BCUT2D eigenvalue weighted by atomic mass is 10.1. The molecule has 0 aromatic rings. The van der Waals surface area contributed by atoms with E-state index in [1.807, 2.05) is 27.7 Å². The maximum absolute atomic E-state index is 12.1. The summed E-state index contributed by atoms with van der Waals surface area (Å²) in [4.78, 5) is 20.4. The molecule has 1 aliphatic rings. The van der Waals surface area contributed by atoms with E-state index in [0.29, 0.717) is 25.6 Å². The normalized spacial score (nSPS) is 15.8. The summed E-state index contributed by atoms with van der Waals surface area (Å²) in [5, 5.41) is 0. The van der Waals surface area contributed by atoms with E-state index in [-0.39, 0.29) is 30.1 Å². The molecule has 1 fully saturated rings. The van der Waals surface area contributed by atoms with Gasteiger partial charge in [-0.2, -0.15) is 0 Å². The van der Waals surface area contributed by atoms with Crippen LogP contribution in [0.3, 0.4) is 0 Å². The second kappa shape index (κ2) is 10.9. The number of likely N-dealkylation sites (tertiary alicyclic amines) is 1. The minimum atomic E-state index is -0.473. The zero-order valence-corrected chi connectivity index (χ0v) is 17.3. The first-order valence-electron chi connectivity index (χ1n) is 8.36. The fraction of sp³-hybridized carbons (Fsp3) is 0.875. The molecule has 7 heteroatoms. The third-order valence-electron chi connectivity index (χ3n) is 3.47. The van der Waals surface area contributed by atoms with Gasteiger partial charge in [0.25, 0.3) is 0 Å². The quantitative estimate of drug-likeness (QED) is 0.405. The number of carbonyl (C=O) groups is 1. The van der Waals surface area contributed by atoms with Crippen molar-refractivity contribution in [1.29, 1.82) is 0 Å². The molecule has 0 bridgehead atoms. The van der Waals surface area contributed by atoms with Gasteiger partial charge in [-0.1, -0.05) is 6.92 Å². The molecule has 1 amide bonds. The van der Waals surface area contributed by atoms with Gasteiger partial charge in [-0.25, -0.2) is 4.79 Å². The Morgan fingerprint density at radius 1 is 1.22 bits per heavy atom. The van der Waals surface area contributed by atoms with Crippen LogP contribution in [-0.4, -0.2) is 60.2 Å². The van der Waals surface area contributed by atoms with Crippen molar-refractivity contribution in [2.45, 2.75) is 59.0 Å². The SMILES string of the molecule is CCCN(CCN=C(N)N1CCCCC1)C(=O)OC(C)(C)C.I. The van der Waals surface area contributed by atoms with Gasteiger partial charge in [0.2, 0.25) is 0 Å². The van der Waals surface area contributed by atoms with Crippen LogP contribution in [0.4, 0.5) is 4.79 Å². The molecule has 1 saturated heterocycles. The maximum atomic E-state index is 12.1. The number of nitrogens with two attached hydrogens (primary N) is 1. The molecular formula is C16H33IN4O2. The van der Waals surface area contributed by atoms with Crippen molar-refractivity contribution in [3.05, 3.63) is 0 Å². The van der Waals surface area contributed by atoms with Crippen molar-refractivity contribution in [2.75, 3.05) is 32.7 Å². The summed E-state index contributed by atoms with van der Waals surface area (Å²) in [6.45, 7) is 11.4. The van der Waals surface area contributed by atoms with Crippen molar-refractivity contribution in [1.82, 2.24) is 9.80 Å². The second-order valence-electron chi connectivity index (χ2n) is 6.76. The molecule has 2 N–H and O–H groups in total. The number of rotatable bonds is 5. The molecule has 0 radical (unpaired) electrons. The van der Waals surface area contributed by atoms with E-state index in [1.54, 1.807) is 4.90 Å². The summed E-state index contributed by atoms with van der Waals surface area (Å²) in [6.07, 6.45) is 4.24. The lowest BCUT2D eigenvalue weighted by Gasteiger charge is -2.28. The maximum Gasteiger partial charge on any atom is 0.410 e. The van der Waals surface area contributed by atoms with E-state index in [0.717, 1.165) is 19.5 Å². The smallest absolute Gasteiger partial charge is 0.410 e. The van der Waals surface area contributed by atoms with Gasteiger partial charge in [-0.05, 0) is 46.5 Å². The Bertz CT molecular complexity index is 377. The highest BCUT2D eigenvalue weighted by atomic mass is 127. The van der Waals surface area contributed by atoms with Gasteiger partial charge in [0.1, 0.15) is 5.60 Å². The fourth-order valence-electron chi connectivity index (χ4n) is 2.40. The third-order valence-corrected chi connectivity index (χ3v) is 3.47. The fourth-order valence-corrected chi connectivity index (χ4v) is 2.40. The van der Waals surface area contributed by atoms with E-state index < -0.39 is 5.60 Å². The molecule has 23 heavy (non-hydrogen) atoms. The predicted molar refractivity (Wildman–Crippen MR) is 105 cm³/mol. The minimum Gasteiger partial charge on any atom is -0.444 e. The lowest BCUT2D eigenvalue weighted by Crippen LogP contribution is -2.42. The van der Waals surface area contributed by atoms with Crippen molar-refractivity contribution >= 4 is 36.0 Å². The van der Waals surface area contributed by atoms with Crippen molar-refractivity contribution < 1.29 is 9.53 Å². The highest BCUT2D eigenvalue weighted by Crippen LogP contribution is 2.10. The van der Waals surface area contributed by atoms with Gasteiger partial charge in [0.15, 0.2) is 5.96 Å². The molecule has 0 aliphatic carbocycles. The van der Waals surface area contributed by atoms with E-state index in [2.05, 4.69) is 9.89 Å². The van der Waals surface area contributed by atoms with Crippen LogP contribution in [0, 0.1) is 0 Å². The van der Waals surface area contributed by atoms with Crippen LogP contribution >= 0.6 is 24.0 Å². The average Bonchev–Trinajstić information content (AvgIpc) is 2.45. The van der Waals surface area contributed by atoms with Crippen LogP contribution in [-0.2, 0) is 4.74 Å². The molecule has 0 aromatic carbocycles. The molecule has 136 valence electrons. The molecule has 1 heterocycles. The number of guanidine groups is 1. The molecule has 6 nitrogen and oxygen atoms in total. The van der Waals surface area contributed by atoms with Crippen LogP contribution in [0.25, 0.3) is 0 Å². The third kappa shape index (κ3) is 9.22. The highest BCUT2D eigenvalue weighted by molar-refractivity contribution is 14.0. The van der Waals surface area contributed by atoms with Crippen molar-refractivity contribution in [2.24, 2.45) is 10.7 Å². The number of carbonyl (C=O) groups excluding carboxylic acids is 1. The molecule has 0 spiro atoms. The first-order valence-corrected chi connectivity index (χ1v) is 8.36. The lowest BCUT2D eigenvalue weighted by molar-refractivity contribution is 0.0256. The summed E-state index contributed by atoms with van der Waals surface area (Å²) in [5.74, 6) is 0.598. The number of ether oxygens (including phenoxy) is 1. The number of piperidine rings is 1. The molecule has 0 aromatic heterocycles. The Kier molecular flexibility index (Phi) is 10.6. The molecular weight excluding hydrogens is 407 g/mol. The molecule has 0 unspecified atom stereocenters. The first kappa shape index (κ1) is 22.3. The Morgan fingerprint density at radius 2 is 1.83 bits per heavy atom. The van der Waals surface area contributed by atoms with E-state index in [1.165, 1.54) is 19.3 Å². The number of hydrogen-bond donors (Lipinski definition) is 1. The summed E-state index contributed by atoms with van der Waals surface area (Å²) in [7, 11) is 0. The van der Waals surface area contributed by atoms with Crippen LogP contribution in [0.15, 0.2) is 4.99 Å². The predicted octanol–water partition coefficient (Wildman–Crippen LogP) is 3.05. The summed E-state index contributed by atoms with van der Waals surface area (Å²) in [6, 6.07) is 0. The topological polar surface area (TPSA) is 71.2 Å². The Balaban J connectivity index is 0.00000484. The summed E-state index contributed by atoms with van der Waals surface area (Å²) >= 11 is 0. The van der Waals surface area contributed by atoms with E-state index in [4.69, 9.17) is 10.5 Å². The van der Waals surface area contributed by atoms with Crippen molar-refractivity contribution in [3.63, 3.8) is 0 Å². The highest BCUT2D eigenvalue weighted by Gasteiger charge is 2.21. The molecule has 1 aliphatic heterocycles. The van der Waals surface area contributed by atoms with Gasteiger partial charge >= 0.3 is 6.09 Å². The van der Waals surface area contributed by atoms with Crippen LogP contribution in [0.5, 0.6) is 0 Å². The monoisotopic (exact) mass is 440 g/mol. The Labute approximate surface area is 157 Å². The van der Waals surface area contributed by atoms with Crippen LogP contribution < -0.4 is 5.73 Å². The van der Waals surface area contributed by atoms with Gasteiger partial charge in [-0.15, -0.1) is 24.0 Å². The largest absolute Gasteiger partial charge is 0.444 e. The van der Waals surface area contributed by atoms with Gasteiger partial charge in [0, 0.05) is 26.2 Å². The second-order valence-corrected chi connectivity index (χ2v) is 6.76. The molecule has 1 rings (SSSR count). The van der Waals surface area contributed by atoms with Gasteiger partial charge < -0.3 is 20.3 Å². The Hall–Kier alpha value is -0.730. The average molecular weight is 440 g/mol. The van der Waals surface area contributed by atoms with E-state index in [9.17, 15) is 4.79 Å². The number of aliphatic imine (C=N–C) groups is 1. The zero-order valence-electron chi connectivity index (χ0n) is 15.0. The summed E-state index contributed by atoms with van der Waals surface area (Å²) in [5.41, 5.74) is 5.55. The number of halogens is 1. The van der Waals surface area contributed by atoms with Gasteiger partial charge in [0.05, 0.1) is 6.54 Å². The van der Waals surface area contributed by atoms with E-state index >= 15 is 0 Å². The Morgan fingerprint density at radius 3 is 2.35 bits per heavy atom. The number of amides is 1. The minimum absolute atomic E-state index is 0. The number of hydrogen-bond acceptors (Lipinski definition) is 3. The molecule has 0 saturated carbocycles. The first-order chi connectivity index (χ1) is 10.3. The molecule has 0 atom stereocenters. The standard InChI is InChI=1S/C16H32N4O2.HI/c1-5-10-20(15(21)22-16(2,3)4)13-9-18-14(17)19-11-7-6-8-12-19;/h5-13H2,1-4H3,(H2,17,18);1H. The van der Waals surface area contributed by atoms with Crippen LogP contribution in [0.1, 0.15) is 53.4 Å². The van der Waals surface area contributed by atoms with Crippen LogP contribution in [0.2, 0.25) is 0 Å². The zero-order chi connectivity index (χ0) is 16.6.